The van der Waals surface area contributed by atoms with E-state index in [1.807, 2.05) is 27.7 Å². The van der Waals surface area contributed by atoms with E-state index in [0.29, 0.717) is 37.4 Å². The van der Waals surface area contributed by atoms with Crippen molar-refractivity contribution < 1.29 is 23.9 Å². The normalized spacial score (nSPS) is 14.5. The predicted molar refractivity (Wildman–Crippen MR) is 105 cm³/mol. The second kappa shape index (κ2) is 8.95. The molecule has 0 unspecified atom stereocenters. The summed E-state index contributed by atoms with van der Waals surface area (Å²) in [5.74, 6) is -0.487. The van der Waals surface area contributed by atoms with Gasteiger partial charge in [-0.15, -0.1) is 0 Å². The zero-order valence-corrected chi connectivity index (χ0v) is 17.2. The Labute approximate surface area is 165 Å². The lowest BCUT2D eigenvalue weighted by Gasteiger charge is -2.35. The lowest BCUT2D eigenvalue weighted by molar-refractivity contribution is -0.131. The number of piperazine rings is 1. The first-order valence-corrected chi connectivity index (χ1v) is 9.29. The molecule has 28 heavy (non-hydrogen) atoms. The first kappa shape index (κ1) is 21.5. The molecule has 0 saturated carbocycles. The first-order valence-electron chi connectivity index (χ1n) is 9.29. The van der Waals surface area contributed by atoms with Crippen LogP contribution in [0, 0.1) is 6.92 Å². The summed E-state index contributed by atoms with van der Waals surface area (Å²) in [6.07, 6.45) is -0.354. The van der Waals surface area contributed by atoms with Crippen molar-refractivity contribution in [2.24, 2.45) is 0 Å². The molecule has 8 nitrogen and oxygen atoms in total. The average molecular weight is 391 g/mol. The largest absolute Gasteiger partial charge is 0.465 e. The quantitative estimate of drug-likeness (QED) is 0.792. The number of nitrogens with one attached hydrogen (secondary N) is 1. The molecule has 1 heterocycles. The van der Waals surface area contributed by atoms with E-state index >= 15 is 0 Å². The maximum absolute atomic E-state index is 12.5. The fourth-order valence-electron chi connectivity index (χ4n) is 2.80. The van der Waals surface area contributed by atoms with Crippen LogP contribution in [0.3, 0.4) is 0 Å². The van der Waals surface area contributed by atoms with Crippen LogP contribution in [0.5, 0.6) is 0 Å². The number of aryl methyl sites for hydroxylation is 1. The third-order valence-electron chi connectivity index (χ3n) is 4.37. The van der Waals surface area contributed by atoms with Gasteiger partial charge in [0.15, 0.2) is 0 Å². The summed E-state index contributed by atoms with van der Waals surface area (Å²) >= 11 is 0. The molecular formula is C20H29N3O5. The molecule has 0 atom stereocenters. The van der Waals surface area contributed by atoms with Gasteiger partial charge >= 0.3 is 12.1 Å². The summed E-state index contributed by atoms with van der Waals surface area (Å²) in [6.45, 7) is 9.29. The van der Waals surface area contributed by atoms with Crippen LogP contribution >= 0.6 is 0 Å². The van der Waals surface area contributed by atoms with Gasteiger partial charge in [-0.3, -0.25) is 4.79 Å². The van der Waals surface area contributed by atoms with Crippen LogP contribution in [0.2, 0.25) is 0 Å². The number of nitrogens with zero attached hydrogens (tertiary/aromatic N) is 2. The van der Waals surface area contributed by atoms with E-state index in [1.54, 1.807) is 28.0 Å². The van der Waals surface area contributed by atoms with Gasteiger partial charge in [0.25, 0.3) is 0 Å². The summed E-state index contributed by atoms with van der Waals surface area (Å²) in [5, 5.41) is 3.09. The van der Waals surface area contributed by atoms with E-state index < -0.39 is 11.6 Å². The molecule has 1 aromatic carbocycles. The first-order chi connectivity index (χ1) is 13.1. The van der Waals surface area contributed by atoms with E-state index in [0.717, 1.165) is 5.56 Å². The Kier molecular flexibility index (Phi) is 6.88. The minimum atomic E-state index is -0.537. The Morgan fingerprint density at radius 2 is 1.68 bits per heavy atom. The van der Waals surface area contributed by atoms with Gasteiger partial charge in [0.1, 0.15) is 5.60 Å². The number of carbonyl (C=O) groups is 3. The Balaban J connectivity index is 1.87. The lowest BCUT2D eigenvalue weighted by Crippen LogP contribution is -2.52. The minimum Gasteiger partial charge on any atom is -0.465 e. The monoisotopic (exact) mass is 391 g/mol. The summed E-state index contributed by atoms with van der Waals surface area (Å²) in [5.41, 5.74) is 1.53. The highest BCUT2D eigenvalue weighted by Gasteiger charge is 2.27. The zero-order valence-electron chi connectivity index (χ0n) is 17.2. The number of methoxy groups -OCH3 is 1. The van der Waals surface area contributed by atoms with Crippen LogP contribution in [0.25, 0.3) is 0 Å². The van der Waals surface area contributed by atoms with Crippen LogP contribution in [0.1, 0.15) is 36.7 Å². The smallest absolute Gasteiger partial charge is 0.410 e. The molecule has 154 valence electrons. The maximum atomic E-state index is 12.5. The third-order valence-corrected chi connectivity index (χ3v) is 4.37. The number of hydrogen-bond acceptors (Lipinski definition) is 6. The van der Waals surface area contributed by atoms with Crippen LogP contribution in [0.4, 0.5) is 10.5 Å². The third kappa shape index (κ3) is 5.87. The summed E-state index contributed by atoms with van der Waals surface area (Å²) in [4.78, 5) is 39.6. The highest BCUT2D eigenvalue weighted by atomic mass is 16.6. The molecule has 0 aliphatic carbocycles. The van der Waals surface area contributed by atoms with Crippen LogP contribution in [-0.2, 0) is 14.3 Å². The Morgan fingerprint density at radius 3 is 2.25 bits per heavy atom. The Morgan fingerprint density at radius 1 is 1.07 bits per heavy atom. The van der Waals surface area contributed by atoms with Crippen LogP contribution in [-0.4, -0.2) is 73.2 Å². The van der Waals surface area contributed by atoms with Crippen molar-refractivity contribution in [1.29, 1.82) is 0 Å². The maximum Gasteiger partial charge on any atom is 0.410 e. The van der Waals surface area contributed by atoms with Gasteiger partial charge in [-0.05, 0) is 45.4 Å². The van der Waals surface area contributed by atoms with E-state index in [4.69, 9.17) is 9.47 Å². The number of esters is 1. The highest BCUT2D eigenvalue weighted by molar-refractivity contribution is 5.91. The van der Waals surface area contributed by atoms with Crippen molar-refractivity contribution >= 4 is 23.7 Å². The number of benzene rings is 1. The molecule has 2 amide bonds. The van der Waals surface area contributed by atoms with E-state index in [9.17, 15) is 14.4 Å². The number of ether oxygens (including phenoxy) is 2. The molecule has 0 bridgehead atoms. The van der Waals surface area contributed by atoms with Crippen molar-refractivity contribution in [2.45, 2.75) is 33.3 Å². The van der Waals surface area contributed by atoms with Gasteiger partial charge in [-0.1, -0.05) is 6.07 Å². The second-order valence-electron chi connectivity index (χ2n) is 7.72. The predicted octanol–water partition coefficient (Wildman–Crippen LogP) is 2.27. The fraction of sp³-hybridized carbons (Fsp3) is 0.550. The number of rotatable bonds is 4. The average Bonchev–Trinajstić information content (AvgIpc) is 2.65. The summed E-state index contributed by atoms with van der Waals surface area (Å²) in [6, 6.07) is 5.16. The highest BCUT2D eigenvalue weighted by Crippen LogP contribution is 2.18. The summed E-state index contributed by atoms with van der Waals surface area (Å²) in [7, 11) is 1.33. The van der Waals surface area contributed by atoms with Crippen molar-refractivity contribution in [1.82, 2.24) is 9.80 Å². The second-order valence-corrected chi connectivity index (χ2v) is 7.72. The topological polar surface area (TPSA) is 88.2 Å². The van der Waals surface area contributed by atoms with Crippen molar-refractivity contribution in [3.05, 3.63) is 29.3 Å². The van der Waals surface area contributed by atoms with Gasteiger partial charge in [-0.2, -0.15) is 0 Å². The zero-order chi connectivity index (χ0) is 20.9. The minimum absolute atomic E-state index is 0.0632. The SMILES string of the molecule is COC(=O)c1ccc(C)c(NCC(=O)N2CCN(C(=O)OC(C)(C)C)CC2)c1. The van der Waals surface area contributed by atoms with Gasteiger partial charge in [0.05, 0.1) is 19.2 Å². The molecule has 1 N–H and O–H groups in total. The summed E-state index contributed by atoms with van der Waals surface area (Å²) < 4.78 is 10.1. The molecule has 1 saturated heterocycles. The molecule has 0 spiro atoms. The fourth-order valence-corrected chi connectivity index (χ4v) is 2.80. The molecule has 0 radical (unpaired) electrons. The van der Waals surface area contributed by atoms with E-state index in [2.05, 4.69) is 5.32 Å². The number of anilines is 1. The lowest BCUT2D eigenvalue weighted by atomic mass is 10.1. The molecule has 1 fully saturated rings. The number of amides is 2. The molecule has 1 aliphatic heterocycles. The van der Waals surface area contributed by atoms with Crippen molar-refractivity contribution in [3.63, 3.8) is 0 Å². The van der Waals surface area contributed by atoms with Crippen LogP contribution < -0.4 is 5.32 Å². The standard InChI is InChI=1S/C20H29N3O5/c1-14-6-7-15(18(25)27-5)12-16(14)21-13-17(24)22-8-10-23(11-9-22)19(26)28-20(2,3)4/h6-7,12,21H,8-11,13H2,1-5H3. The molecule has 8 heteroatoms. The van der Waals surface area contributed by atoms with E-state index in [1.165, 1.54) is 7.11 Å². The van der Waals surface area contributed by atoms with Crippen molar-refractivity contribution in [2.75, 3.05) is 45.2 Å². The van der Waals surface area contributed by atoms with E-state index in [-0.39, 0.29) is 18.5 Å². The number of carbonyl (C=O) groups excluding carboxylic acids is 3. The van der Waals surface area contributed by atoms with Gasteiger partial charge < -0.3 is 24.6 Å². The number of hydrogen-bond donors (Lipinski definition) is 1. The molecule has 2 rings (SSSR count). The Hall–Kier alpha value is -2.77. The Bertz CT molecular complexity index is 734. The van der Waals surface area contributed by atoms with Gasteiger partial charge in [0, 0.05) is 31.9 Å². The molecular weight excluding hydrogens is 362 g/mol. The molecule has 1 aromatic rings. The molecule has 1 aliphatic rings. The van der Waals surface area contributed by atoms with Gasteiger partial charge in [-0.25, -0.2) is 9.59 Å². The van der Waals surface area contributed by atoms with Crippen molar-refractivity contribution in [3.8, 4) is 0 Å². The molecule has 0 aromatic heterocycles. The van der Waals surface area contributed by atoms with Crippen LogP contribution in [0.15, 0.2) is 18.2 Å². The van der Waals surface area contributed by atoms with Gasteiger partial charge in [0.2, 0.25) is 5.91 Å².